The zero-order valence-electron chi connectivity index (χ0n) is 14.6. The van der Waals surface area contributed by atoms with Gasteiger partial charge in [0.25, 0.3) is 11.6 Å². The molecule has 0 spiro atoms. The van der Waals surface area contributed by atoms with Crippen molar-refractivity contribution in [1.82, 2.24) is 14.5 Å². The minimum atomic E-state index is -3.80. The second kappa shape index (κ2) is 7.08. The number of primary amides is 1. The zero-order chi connectivity index (χ0) is 19.8. The molecule has 1 saturated heterocycles. The number of rotatable bonds is 5. The van der Waals surface area contributed by atoms with Gasteiger partial charge in [-0.05, 0) is 37.5 Å². The molecule has 0 saturated carbocycles. The summed E-state index contributed by atoms with van der Waals surface area (Å²) in [5.41, 5.74) is 6.14. The highest BCUT2D eigenvalue weighted by Crippen LogP contribution is 2.31. The molecule has 0 aliphatic carbocycles. The van der Waals surface area contributed by atoms with Crippen molar-refractivity contribution >= 4 is 21.6 Å². The Kier molecular flexibility index (Phi) is 4.98. The molecule has 11 heteroatoms. The van der Waals surface area contributed by atoms with E-state index in [9.17, 15) is 23.3 Å². The number of carbonyl (C=O) groups is 1. The summed E-state index contributed by atoms with van der Waals surface area (Å²) < 4.78 is 27.4. The molecule has 2 aromatic rings. The van der Waals surface area contributed by atoms with Crippen molar-refractivity contribution in [3.63, 3.8) is 0 Å². The molecule has 1 aromatic heterocycles. The van der Waals surface area contributed by atoms with E-state index in [0.717, 1.165) is 6.42 Å². The Morgan fingerprint density at radius 2 is 2.15 bits per heavy atom. The van der Waals surface area contributed by atoms with Crippen molar-refractivity contribution in [3.8, 4) is 0 Å². The molecule has 0 bridgehead atoms. The average Bonchev–Trinajstić information content (AvgIpc) is 3.12. The number of non-ortho nitro benzene ring substituents is 1. The molecule has 1 aliphatic rings. The van der Waals surface area contributed by atoms with Crippen LogP contribution in [-0.2, 0) is 10.0 Å². The lowest BCUT2D eigenvalue weighted by atomic mass is 9.96. The van der Waals surface area contributed by atoms with E-state index in [1.807, 2.05) is 0 Å². The van der Waals surface area contributed by atoms with E-state index < -0.39 is 20.9 Å². The van der Waals surface area contributed by atoms with Crippen molar-refractivity contribution in [1.29, 1.82) is 0 Å². The molecule has 1 aromatic carbocycles. The SMILES string of the molecule is Cc1cc([N+](=O)[O-])ccc1S(=O)(=O)N1CCC[C@H](c2cc(C(N)=O)n[nH]2)C1. The lowest BCUT2D eigenvalue weighted by molar-refractivity contribution is -0.385. The number of carbonyl (C=O) groups excluding carboxylic acids is 1. The second-order valence-electron chi connectivity index (χ2n) is 6.48. The molecule has 0 radical (unpaired) electrons. The normalized spacial score (nSPS) is 18.3. The maximum atomic E-state index is 13.0. The van der Waals surface area contributed by atoms with Gasteiger partial charge >= 0.3 is 0 Å². The summed E-state index contributed by atoms with van der Waals surface area (Å²) in [4.78, 5) is 21.6. The number of nitrogens with zero attached hydrogens (tertiary/aromatic N) is 3. The third kappa shape index (κ3) is 3.69. The van der Waals surface area contributed by atoms with Gasteiger partial charge in [-0.15, -0.1) is 0 Å². The predicted octanol–water partition coefficient (Wildman–Crippen LogP) is 1.29. The topological polar surface area (TPSA) is 152 Å². The number of hydrogen-bond acceptors (Lipinski definition) is 6. The molecule has 0 unspecified atom stereocenters. The fourth-order valence-electron chi connectivity index (χ4n) is 3.26. The van der Waals surface area contributed by atoms with Crippen LogP contribution in [0.25, 0.3) is 0 Å². The number of sulfonamides is 1. The number of aromatic nitrogens is 2. The number of amides is 1. The van der Waals surface area contributed by atoms with E-state index in [1.165, 1.54) is 29.4 Å². The monoisotopic (exact) mass is 393 g/mol. The molecule has 2 heterocycles. The maximum absolute atomic E-state index is 13.0. The van der Waals surface area contributed by atoms with Crippen LogP contribution in [0.1, 0.15) is 40.5 Å². The van der Waals surface area contributed by atoms with E-state index >= 15 is 0 Å². The van der Waals surface area contributed by atoms with Gasteiger partial charge in [-0.25, -0.2) is 8.42 Å². The van der Waals surface area contributed by atoms with E-state index in [0.29, 0.717) is 24.2 Å². The minimum Gasteiger partial charge on any atom is -0.364 e. The number of hydrogen-bond donors (Lipinski definition) is 2. The Labute approximate surface area is 155 Å². The molecule has 10 nitrogen and oxygen atoms in total. The first-order valence-corrected chi connectivity index (χ1v) is 9.74. The molecule has 144 valence electrons. The Morgan fingerprint density at radius 3 is 2.74 bits per heavy atom. The number of piperidine rings is 1. The molecule has 3 N–H and O–H groups in total. The molecule has 1 atom stereocenters. The third-order valence-electron chi connectivity index (χ3n) is 4.66. The predicted molar refractivity (Wildman–Crippen MR) is 95.7 cm³/mol. The van der Waals surface area contributed by atoms with Gasteiger partial charge in [0.15, 0.2) is 0 Å². The first-order chi connectivity index (χ1) is 12.7. The summed E-state index contributed by atoms with van der Waals surface area (Å²) in [6.45, 7) is 2.11. The van der Waals surface area contributed by atoms with Gasteiger partial charge in [-0.2, -0.15) is 9.40 Å². The fourth-order valence-corrected chi connectivity index (χ4v) is 4.99. The Morgan fingerprint density at radius 1 is 1.41 bits per heavy atom. The van der Waals surface area contributed by atoms with Crippen LogP contribution in [0.5, 0.6) is 0 Å². The summed E-state index contributed by atoms with van der Waals surface area (Å²) in [6.07, 6.45) is 1.38. The van der Waals surface area contributed by atoms with Gasteiger partial charge in [0, 0.05) is 36.8 Å². The lowest BCUT2D eigenvalue weighted by Gasteiger charge is -2.31. The summed E-state index contributed by atoms with van der Waals surface area (Å²) >= 11 is 0. The molecular weight excluding hydrogens is 374 g/mol. The average molecular weight is 393 g/mol. The fraction of sp³-hybridized carbons (Fsp3) is 0.375. The second-order valence-corrected chi connectivity index (χ2v) is 8.39. The van der Waals surface area contributed by atoms with Crippen LogP contribution < -0.4 is 5.73 Å². The van der Waals surface area contributed by atoms with Gasteiger partial charge in [0.2, 0.25) is 10.0 Å². The van der Waals surface area contributed by atoms with Crippen LogP contribution >= 0.6 is 0 Å². The Bertz CT molecular complexity index is 1000. The molecule has 1 amide bonds. The Balaban J connectivity index is 1.86. The largest absolute Gasteiger partial charge is 0.364 e. The number of nitro groups is 1. The molecular formula is C16H19N5O5S. The van der Waals surface area contributed by atoms with Crippen LogP contribution in [-0.4, -0.2) is 46.8 Å². The van der Waals surface area contributed by atoms with Crippen LogP contribution in [0.4, 0.5) is 5.69 Å². The number of H-pyrrole nitrogens is 1. The first kappa shape index (κ1) is 19.0. The van der Waals surface area contributed by atoms with Crippen molar-refractivity contribution in [3.05, 3.63) is 51.3 Å². The number of aromatic amines is 1. The van der Waals surface area contributed by atoms with Gasteiger partial charge in [-0.1, -0.05) is 0 Å². The lowest BCUT2D eigenvalue weighted by Crippen LogP contribution is -2.39. The molecule has 3 rings (SSSR count). The standard InChI is InChI=1S/C16H19N5O5S/c1-10-7-12(21(23)24)4-5-15(10)27(25,26)20-6-2-3-11(9-20)13-8-14(16(17)22)19-18-13/h4-5,7-8,11H,2-3,6,9H2,1H3,(H2,17,22)(H,18,19)/t11-/m0/s1. The van der Waals surface area contributed by atoms with Crippen LogP contribution in [0, 0.1) is 17.0 Å². The first-order valence-electron chi connectivity index (χ1n) is 8.30. The molecule has 27 heavy (non-hydrogen) atoms. The van der Waals surface area contributed by atoms with E-state index in [2.05, 4.69) is 10.2 Å². The third-order valence-corrected chi connectivity index (χ3v) is 6.69. The highest BCUT2D eigenvalue weighted by molar-refractivity contribution is 7.89. The smallest absolute Gasteiger partial charge is 0.269 e. The number of aryl methyl sites for hydroxylation is 1. The maximum Gasteiger partial charge on any atom is 0.269 e. The highest BCUT2D eigenvalue weighted by Gasteiger charge is 2.33. The van der Waals surface area contributed by atoms with Gasteiger partial charge in [-0.3, -0.25) is 20.0 Å². The summed E-state index contributed by atoms with van der Waals surface area (Å²) in [7, 11) is -3.80. The van der Waals surface area contributed by atoms with Crippen molar-refractivity contribution in [2.75, 3.05) is 13.1 Å². The van der Waals surface area contributed by atoms with Gasteiger partial charge in [0.05, 0.1) is 9.82 Å². The Hall–Kier alpha value is -2.79. The van der Waals surface area contributed by atoms with Crippen molar-refractivity contribution in [2.24, 2.45) is 5.73 Å². The van der Waals surface area contributed by atoms with Crippen LogP contribution in [0.15, 0.2) is 29.2 Å². The van der Waals surface area contributed by atoms with E-state index in [1.54, 1.807) is 6.07 Å². The molecule has 1 aliphatic heterocycles. The quantitative estimate of drug-likeness (QED) is 0.577. The summed E-state index contributed by atoms with van der Waals surface area (Å²) in [5.74, 6) is -0.799. The van der Waals surface area contributed by atoms with Gasteiger partial charge < -0.3 is 5.73 Å². The summed E-state index contributed by atoms with van der Waals surface area (Å²) in [6, 6.07) is 5.26. The number of benzene rings is 1. The summed E-state index contributed by atoms with van der Waals surface area (Å²) in [5, 5.41) is 17.5. The number of nitrogens with two attached hydrogens (primary N) is 1. The van der Waals surface area contributed by atoms with Crippen LogP contribution in [0.2, 0.25) is 0 Å². The van der Waals surface area contributed by atoms with E-state index in [-0.39, 0.29) is 28.7 Å². The zero-order valence-corrected chi connectivity index (χ0v) is 15.4. The minimum absolute atomic E-state index is 0.0520. The van der Waals surface area contributed by atoms with Crippen LogP contribution in [0.3, 0.4) is 0 Å². The van der Waals surface area contributed by atoms with Gasteiger partial charge in [0.1, 0.15) is 5.69 Å². The number of nitro benzene ring substituents is 1. The van der Waals surface area contributed by atoms with E-state index in [4.69, 9.17) is 5.73 Å². The molecule has 1 fully saturated rings. The number of nitrogens with one attached hydrogen (secondary N) is 1. The van der Waals surface area contributed by atoms with Crippen molar-refractivity contribution in [2.45, 2.75) is 30.6 Å². The highest BCUT2D eigenvalue weighted by atomic mass is 32.2. The van der Waals surface area contributed by atoms with Crippen molar-refractivity contribution < 1.29 is 18.1 Å².